The van der Waals surface area contributed by atoms with Gasteiger partial charge in [0.15, 0.2) is 17.9 Å². The number of nitrogens with zero attached hydrogens (tertiary/aromatic N) is 6. The molecule has 4 aromatic rings. The molecule has 176 valence electrons. The maximum Gasteiger partial charge on any atom is 0.182 e. The van der Waals surface area contributed by atoms with Crippen LogP contribution in [0.3, 0.4) is 0 Å². The van der Waals surface area contributed by atoms with Gasteiger partial charge in [-0.15, -0.1) is 0 Å². The summed E-state index contributed by atoms with van der Waals surface area (Å²) in [6, 6.07) is 7.79. The van der Waals surface area contributed by atoms with Gasteiger partial charge in [-0.05, 0) is 49.4 Å². The minimum atomic E-state index is -0.118. The Kier molecular flexibility index (Phi) is 5.69. The number of aliphatic hydroxyl groups is 1. The van der Waals surface area contributed by atoms with E-state index in [1.54, 1.807) is 23.1 Å². The van der Waals surface area contributed by atoms with E-state index >= 15 is 0 Å². The minimum Gasteiger partial charge on any atom is -0.486 e. The van der Waals surface area contributed by atoms with Crippen molar-refractivity contribution in [3.63, 3.8) is 0 Å². The number of aromatic nitrogens is 6. The standard InChI is InChI=1S/C24H26N6O4/c31-9-7-16-12-26-29(13-16)21-6-8-25-24(27-21)23-19-11-17(34-18-14-32-15-18)4-5-20(19)30(28-23)22-3-1-2-10-33-22/h4-6,8,11-13,18,22,31H,1-3,7,9-10,14-15H2. The first kappa shape index (κ1) is 21.2. The fourth-order valence-corrected chi connectivity index (χ4v) is 4.30. The predicted molar refractivity (Wildman–Crippen MR) is 123 cm³/mol. The van der Waals surface area contributed by atoms with E-state index in [0.717, 1.165) is 48.1 Å². The van der Waals surface area contributed by atoms with Gasteiger partial charge in [0.2, 0.25) is 0 Å². The second kappa shape index (κ2) is 9.13. The molecule has 2 aliphatic rings. The molecule has 1 aromatic carbocycles. The summed E-state index contributed by atoms with van der Waals surface area (Å²) in [7, 11) is 0. The molecule has 10 nitrogen and oxygen atoms in total. The van der Waals surface area contributed by atoms with Gasteiger partial charge in [-0.3, -0.25) is 0 Å². The third-order valence-electron chi connectivity index (χ3n) is 6.14. The van der Waals surface area contributed by atoms with Crippen LogP contribution in [0.25, 0.3) is 28.2 Å². The lowest BCUT2D eigenvalue weighted by molar-refractivity contribution is -0.0796. The van der Waals surface area contributed by atoms with Crippen LogP contribution < -0.4 is 4.74 Å². The van der Waals surface area contributed by atoms with Crippen molar-refractivity contribution in [3.8, 4) is 23.1 Å². The van der Waals surface area contributed by atoms with Gasteiger partial charge in [0, 0.05) is 37.1 Å². The van der Waals surface area contributed by atoms with E-state index in [2.05, 4.69) is 10.1 Å². The Balaban J connectivity index is 1.42. The third-order valence-corrected chi connectivity index (χ3v) is 6.14. The Hall–Kier alpha value is -3.34. The number of rotatable bonds is 7. The van der Waals surface area contributed by atoms with Gasteiger partial charge in [0.25, 0.3) is 0 Å². The third kappa shape index (κ3) is 4.04. The van der Waals surface area contributed by atoms with E-state index < -0.39 is 0 Å². The van der Waals surface area contributed by atoms with Gasteiger partial charge in [-0.1, -0.05) is 0 Å². The molecule has 34 heavy (non-hydrogen) atoms. The highest BCUT2D eigenvalue weighted by Gasteiger charge is 2.25. The molecule has 3 aromatic heterocycles. The lowest BCUT2D eigenvalue weighted by Gasteiger charge is -2.26. The lowest BCUT2D eigenvalue weighted by Crippen LogP contribution is -2.38. The Morgan fingerprint density at radius 2 is 2.12 bits per heavy atom. The van der Waals surface area contributed by atoms with Crippen LogP contribution in [-0.2, 0) is 15.9 Å². The van der Waals surface area contributed by atoms with Gasteiger partial charge in [0.05, 0.1) is 24.9 Å². The highest BCUT2D eigenvalue weighted by atomic mass is 16.6. The average molecular weight is 463 g/mol. The van der Waals surface area contributed by atoms with Gasteiger partial charge < -0.3 is 19.3 Å². The maximum atomic E-state index is 9.20. The number of fused-ring (bicyclic) bond motifs is 1. The molecule has 0 spiro atoms. The number of aliphatic hydroxyl groups excluding tert-OH is 1. The molecule has 0 saturated carbocycles. The summed E-state index contributed by atoms with van der Waals surface area (Å²) in [5.41, 5.74) is 2.56. The van der Waals surface area contributed by atoms with Gasteiger partial charge in [0.1, 0.15) is 17.5 Å². The molecule has 1 N–H and O–H groups in total. The number of benzene rings is 1. The van der Waals surface area contributed by atoms with Crippen molar-refractivity contribution < 1.29 is 19.3 Å². The van der Waals surface area contributed by atoms with Crippen LogP contribution in [0.1, 0.15) is 31.1 Å². The highest BCUT2D eigenvalue weighted by Crippen LogP contribution is 2.34. The molecule has 5 heterocycles. The molecule has 1 atom stereocenters. The van der Waals surface area contributed by atoms with Crippen molar-refractivity contribution in [2.24, 2.45) is 0 Å². The Bertz CT molecular complexity index is 1290. The summed E-state index contributed by atoms with van der Waals surface area (Å²) in [6.45, 7) is 2.01. The van der Waals surface area contributed by atoms with E-state index in [-0.39, 0.29) is 18.9 Å². The van der Waals surface area contributed by atoms with Gasteiger partial charge in [-0.25, -0.2) is 19.3 Å². The number of ether oxygens (including phenoxy) is 3. The van der Waals surface area contributed by atoms with Crippen LogP contribution in [0.5, 0.6) is 5.75 Å². The second-order valence-electron chi connectivity index (χ2n) is 8.58. The zero-order valence-electron chi connectivity index (χ0n) is 18.7. The molecule has 6 rings (SSSR count). The minimum absolute atomic E-state index is 0.0742. The molecule has 0 aliphatic carbocycles. The SMILES string of the molecule is OCCc1cnn(-c2ccnc(-c3nn(C4CCCCO4)c4ccc(OC5COC5)cc34)n2)c1. The average Bonchev–Trinajstić information content (AvgIpc) is 3.47. The summed E-state index contributed by atoms with van der Waals surface area (Å²) in [5, 5.41) is 19.4. The van der Waals surface area contributed by atoms with Crippen molar-refractivity contribution in [2.75, 3.05) is 26.4 Å². The molecular formula is C24H26N6O4. The van der Waals surface area contributed by atoms with Crippen LogP contribution in [0.2, 0.25) is 0 Å². The first-order valence-corrected chi connectivity index (χ1v) is 11.6. The van der Waals surface area contributed by atoms with Crippen LogP contribution in [0, 0.1) is 0 Å². The highest BCUT2D eigenvalue weighted by molar-refractivity contribution is 5.92. The normalized spacial score (nSPS) is 18.8. The Labute approximate surface area is 196 Å². The van der Waals surface area contributed by atoms with E-state index in [1.165, 1.54) is 0 Å². The van der Waals surface area contributed by atoms with Crippen LogP contribution in [-0.4, -0.2) is 67.2 Å². The number of hydrogen-bond donors (Lipinski definition) is 1. The van der Waals surface area contributed by atoms with Crippen molar-refractivity contribution >= 4 is 10.9 Å². The molecule has 0 radical (unpaired) electrons. The zero-order chi connectivity index (χ0) is 22.9. The fourth-order valence-electron chi connectivity index (χ4n) is 4.30. The summed E-state index contributed by atoms with van der Waals surface area (Å²) in [4.78, 5) is 9.30. The molecule has 0 amide bonds. The molecular weight excluding hydrogens is 436 g/mol. The van der Waals surface area contributed by atoms with Crippen molar-refractivity contribution in [2.45, 2.75) is 38.0 Å². The quantitative estimate of drug-likeness (QED) is 0.447. The zero-order valence-corrected chi connectivity index (χ0v) is 18.7. The van der Waals surface area contributed by atoms with Crippen molar-refractivity contribution in [3.05, 3.63) is 48.4 Å². The summed E-state index contributed by atoms with van der Waals surface area (Å²) < 4.78 is 21.0. The first-order valence-electron chi connectivity index (χ1n) is 11.6. The molecule has 0 bridgehead atoms. The summed E-state index contributed by atoms with van der Waals surface area (Å²) >= 11 is 0. The Morgan fingerprint density at radius 3 is 2.91 bits per heavy atom. The molecule has 1 unspecified atom stereocenters. The van der Waals surface area contributed by atoms with Crippen LogP contribution >= 0.6 is 0 Å². The van der Waals surface area contributed by atoms with E-state index in [4.69, 9.17) is 24.3 Å². The number of hydrogen-bond acceptors (Lipinski definition) is 8. The monoisotopic (exact) mass is 462 g/mol. The van der Waals surface area contributed by atoms with Gasteiger partial charge >= 0.3 is 0 Å². The summed E-state index contributed by atoms with van der Waals surface area (Å²) in [5.74, 6) is 1.90. The van der Waals surface area contributed by atoms with E-state index in [1.807, 2.05) is 29.1 Å². The van der Waals surface area contributed by atoms with Crippen molar-refractivity contribution in [1.29, 1.82) is 0 Å². The van der Waals surface area contributed by atoms with Crippen LogP contribution in [0.15, 0.2) is 42.9 Å². The topological polar surface area (TPSA) is 109 Å². The largest absolute Gasteiger partial charge is 0.486 e. The second-order valence-corrected chi connectivity index (χ2v) is 8.58. The molecule has 2 saturated heterocycles. The van der Waals surface area contributed by atoms with Crippen LogP contribution in [0.4, 0.5) is 0 Å². The molecule has 2 aliphatic heterocycles. The van der Waals surface area contributed by atoms with Crippen molar-refractivity contribution in [1.82, 2.24) is 29.5 Å². The summed E-state index contributed by atoms with van der Waals surface area (Å²) in [6.07, 6.45) is 8.89. The van der Waals surface area contributed by atoms with E-state index in [9.17, 15) is 5.11 Å². The smallest absolute Gasteiger partial charge is 0.182 e. The maximum absolute atomic E-state index is 9.20. The molecule has 10 heteroatoms. The van der Waals surface area contributed by atoms with E-state index in [0.29, 0.717) is 37.0 Å². The molecule has 2 fully saturated rings. The first-order chi connectivity index (χ1) is 16.8. The fraction of sp³-hybridized carbons (Fsp3) is 0.417. The predicted octanol–water partition coefficient (Wildman–Crippen LogP) is 2.69. The Morgan fingerprint density at radius 1 is 1.18 bits per heavy atom. The lowest BCUT2D eigenvalue weighted by atomic mass is 10.1. The van der Waals surface area contributed by atoms with Gasteiger partial charge in [-0.2, -0.15) is 10.2 Å².